The number of aromatic nitrogens is 2. The molecule has 0 saturated heterocycles. The lowest BCUT2D eigenvalue weighted by atomic mass is 10.2. The molecule has 7 heteroatoms. The van der Waals surface area contributed by atoms with E-state index in [0.717, 1.165) is 16.7 Å². The van der Waals surface area contributed by atoms with Crippen LogP contribution in [0.15, 0.2) is 93.1 Å². The topological polar surface area (TPSA) is 85.6 Å². The van der Waals surface area contributed by atoms with Crippen LogP contribution in [-0.4, -0.2) is 21.9 Å². The predicted octanol–water partition coefficient (Wildman–Crippen LogP) is 4.95. The van der Waals surface area contributed by atoms with Crippen molar-refractivity contribution in [1.82, 2.24) is 15.2 Å². The molecule has 5 rings (SSSR count). The van der Waals surface area contributed by atoms with Crippen molar-refractivity contribution in [3.63, 3.8) is 0 Å². The fourth-order valence-corrected chi connectivity index (χ4v) is 3.33. The SMILES string of the molecule is Cc1occc1C(=O)N/N=C\c1cn(-c2ccccc2)nc1-c1cc2ccccc2o1. The normalized spacial score (nSPS) is 11.4. The van der Waals surface area contributed by atoms with Gasteiger partial charge in [0.2, 0.25) is 0 Å². The maximum Gasteiger partial charge on any atom is 0.274 e. The second-order valence-corrected chi connectivity index (χ2v) is 6.95. The van der Waals surface area contributed by atoms with E-state index in [4.69, 9.17) is 13.9 Å². The van der Waals surface area contributed by atoms with Gasteiger partial charge in [0.15, 0.2) is 5.76 Å². The molecule has 0 atom stereocenters. The van der Waals surface area contributed by atoms with Crippen molar-refractivity contribution < 1.29 is 13.6 Å². The zero-order chi connectivity index (χ0) is 21.2. The molecule has 0 aliphatic rings. The van der Waals surface area contributed by atoms with Gasteiger partial charge < -0.3 is 8.83 Å². The van der Waals surface area contributed by atoms with Crippen LogP contribution in [0.25, 0.3) is 28.1 Å². The lowest BCUT2D eigenvalue weighted by molar-refractivity contribution is 0.0953. The van der Waals surface area contributed by atoms with E-state index in [1.54, 1.807) is 23.9 Å². The number of aryl methyl sites for hydroxylation is 1. The van der Waals surface area contributed by atoms with Gasteiger partial charge in [-0.2, -0.15) is 10.2 Å². The number of carbonyl (C=O) groups is 1. The molecule has 0 aliphatic carbocycles. The molecule has 0 saturated carbocycles. The zero-order valence-electron chi connectivity index (χ0n) is 16.6. The highest BCUT2D eigenvalue weighted by atomic mass is 16.3. The van der Waals surface area contributed by atoms with E-state index >= 15 is 0 Å². The van der Waals surface area contributed by atoms with E-state index < -0.39 is 0 Å². The second-order valence-electron chi connectivity index (χ2n) is 6.95. The van der Waals surface area contributed by atoms with Crippen molar-refractivity contribution in [3.05, 3.63) is 96.1 Å². The summed E-state index contributed by atoms with van der Waals surface area (Å²) < 4.78 is 12.9. The molecular weight excluding hydrogens is 392 g/mol. The Kier molecular flexibility index (Phi) is 4.68. The number of para-hydroxylation sites is 2. The van der Waals surface area contributed by atoms with E-state index in [1.807, 2.05) is 66.9 Å². The number of amides is 1. The summed E-state index contributed by atoms with van der Waals surface area (Å²) in [6.45, 7) is 1.72. The number of hydrogen-bond acceptors (Lipinski definition) is 5. The van der Waals surface area contributed by atoms with E-state index in [2.05, 4.69) is 10.5 Å². The van der Waals surface area contributed by atoms with Crippen LogP contribution in [0.4, 0.5) is 0 Å². The molecule has 3 heterocycles. The third-order valence-electron chi connectivity index (χ3n) is 4.90. The largest absolute Gasteiger partial charge is 0.469 e. The maximum absolute atomic E-state index is 12.3. The first kappa shape index (κ1) is 18.6. The Bertz CT molecular complexity index is 1360. The lowest BCUT2D eigenvalue weighted by Crippen LogP contribution is -2.17. The molecular formula is C24H18N4O3. The lowest BCUT2D eigenvalue weighted by Gasteiger charge is -1.98. The van der Waals surface area contributed by atoms with Crippen molar-refractivity contribution in [3.8, 4) is 17.1 Å². The Balaban J connectivity index is 1.51. The summed E-state index contributed by atoms with van der Waals surface area (Å²) in [4.78, 5) is 12.3. The highest BCUT2D eigenvalue weighted by Crippen LogP contribution is 2.29. The molecule has 0 radical (unpaired) electrons. The third-order valence-corrected chi connectivity index (χ3v) is 4.90. The van der Waals surface area contributed by atoms with Crippen LogP contribution in [0.1, 0.15) is 21.7 Å². The quantitative estimate of drug-likeness (QED) is 0.328. The van der Waals surface area contributed by atoms with Crippen LogP contribution in [0.3, 0.4) is 0 Å². The number of fused-ring (bicyclic) bond motifs is 1. The molecule has 0 spiro atoms. The fourth-order valence-electron chi connectivity index (χ4n) is 3.33. The summed E-state index contributed by atoms with van der Waals surface area (Å²) in [5.41, 5.74) is 5.97. The van der Waals surface area contributed by atoms with E-state index in [0.29, 0.717) is 28.3 Å². The highest BCUT2D eigenvalue weighted by molar-refractivity contribution is 5.96. The predicted molar refractivity (Wildman–Crippen MR) is 117 cm³/mol. The summed E-state index contributed by atoms with van der Waals surface area (Å²) in [5, 5.41) is 9.82. The van der Waals surface area contributed by atoms with Crippen LogP contribution in [0.5, 0.6) is 0 Å². The summed E-state index contributed by atoms with van der Waals surface area (Å²) in [7, 11) is 0. The number of rotatable bonds is 5. The summed E-state index contributed by atoms with van der Waals surface area (Å²) in [5.74, 6) is 0.810. The number of nitrogens with one attached hydrogen (secondary N) is 1. The summed E-state index contributed by atoms with van der Waals surface area (Å²) in [6, 6.07) is 21.1. The van der Waals surface area contributed by atoms with Gasteiger partial charge in [0.1, 0.15) is 17.0 Å². The Morgan fingerprint density at radius 1 is 1.10 bits per heavy atom. The molecule has 0 unspecified atom stereocenters. The van der Waals surface area contributed by atoms with E-state index in [-0.39, 0.29) is 5.91 Å². The van der Waals surface area contributed by atoms with Gasteiger partial charge in [0, 0.05) is 17.1 Å². The molecule has 1 N–H and O–H groups in total. The number of carbonyl (C=O) groups excluding carboxylic acids is 1. The van der Waals surface area contributed by atoms with Gasteiger partial charge in [-0.3, -0.25) is 4.79 Å². The maximum atomic E-state index is 12.3. The van der Waals surface area contributed by atoms with Crippen LogP contribution in [0.2, 0.25) is 0 Å². The van der Waals surface area contributed by atoms with Gasteiger partial charge in [-0.15, -0.1) is 0 Å². The van der Waals surface area contributed by atoms with Gasteiger partial charge in [-0.05, 0) is 37.3 Å². The standard InChI is InChI=1S/C24H18N4O3/c1-16-20(11-12-30-16)24(29)26-25-14-18-15-28(19-8-3-2-4-9-19)27-23(18)22-13-17-7-5-6-10-21(17)31-22/h2-15H,1H3,(H,26,29)/b25-14-. The average Bonchev–Trinajstić information content (AvgIpc) is 3.51. The van der Waals surface area contributed by atoms with E-state index in [1.165, 1.54) is 6.26 Å². The van der Waals surface area contributed by atoms with Crippen molar-refractivity contribution in [2.24, 2.45) is 5.10 Å². The van der Waals surface area contributed by atoms with Gasteiger partial charge in [-0.1, -0.05) is 36.4 Å². The average molecular weight is 410 g/mol. The second kappa shape index (κ2) is 7.79. The number of hydrazone groups is 1. The number of hydrogen-bond donors (Lipinski definition) is 1. The van der Waals surface area contributed by atoms with Crippen molar-refractivity contribution in [2.45, 2.75) is 6.92 Å². The minimum absolute atomic E-state index is 0.344. The summed E-state index contributed by atoms with van der Waals surface area (Å²) in [6.07, 6.45) is 4.87. The van der Waals surface area contributed by atoms with Crippen molar-refractivity contribution >= 4 is 23.1 Å². The molecule has 31 heavy (non-hydrogen) atoms. The molecule has 0 aliphatic heterocycles. The molecule has 152 valence electrons. The molecule has 7 nitrogen and oxygen atoms in total. The van der Waals surface area contributed by atoms with Crippen LogP contribution in [0, 0.1) is 6.92 Å². The van der Waals surface area contributed by atoms with Gasteiger partial charge in [0.25, 0.3) is 5.91 Å². The summed E-state index contributed by atoms with van der Waals surface area (Å²) >= 11 is 0. The monoisotopic (exact) mass is 410 g/mol. The van der Waals surface area contributed by atoms with Crippen LogP contribution in [-0.2, 0) is 0 Å². The van der Waals surface area contributed by atoms with Crippen molar-refractivity contribution in [2.75, 3.05) is 0 Å². The molecule has 0 fully saturated rings. The Morgan fingerprint density at radius 2 is 1.90 bits per heavy atom. The van der Waals surface area contributed by atoms with Crippen LogP contribution < -0.4 is 5.43 Å². The Labute approximate surface area is 177 Å². The highest BCUT2D eigenvalue weighted by Gasteiger charge is 2.16. The minimum Gasteiger partial charge on any atom is -0.469 e. The van der Waals surface area contributed by atoms with E-state index in [9.17, 15) is 4.79 Å². The first-order valence-corrected chi connectivity index (χ1v) is 9.70. The first-order chi connectivity index (χ1) is 15.2. The smallest absolute Gasteiger partial charge is 0.274 e. The molecule has 0 bridgehead atoms. The third kappa shape index (κ3) is 3.64. The minimum atomic E-state index is -0.344. The zero-order valence-corrected chi connectivity index (χ0v) is 16.6. The number of furan rings is 2. The van der Waals surface area contributed by atoms with Crippen molar-refractivity contribution in [1.29, 1.82) is 0 Å². The molecule has 5 aromatic rings. The van der Waals surface area contributed by atoms with Crippen LogP contribution >= 0.6 is 0 Å². The van der Waals surface area contributed by atoms with Gasteiger partial charge in [-0.25, -0.2) is 10.1 Å². The number of benzene rings is 2. The molecule has 3 aromatic heterocycles. The Hall–Kier alpha value is -4.39. The first-order valence-electron chi connectivity index (χ1n) is 9.70. The fraction of sp³-hybridized carbons (Fsp3) is 0.0417. The van der Waals surface area contributed by atoms with Gasteiger partial charge >= 0.3 is 0 Å². The molecule has 1 amide bonds. The number of nitrogens with zero attached hydrogens (tertiary/aromatic N) is 3. The Morgan fingerprint density at radius 3 is 2.68 bits per heavy atom. The van der Waals surface area contributed by atoms with Gasteiger partial charge in [0.05, 0.1) is 23.7 Å². The molecule has 2 aromatic carbocycles.